The van der Waals surface area contributed by atoms with Gasteiger partial charge >= 0.3 is 5.97 Å². The highest BCUT2D eigenvalue weighted by Crippen LogP contribution is 2.15. The van der Waals surface area contributed by atoms with Gasteiger partial charge in [0.1, 0.15) is 0 Å². The number of carbonyl (C=O) groups excluding carboxylic acids is 1. The zero-order valence-corrected chi connectivity index (χ0v) is 6.31. The maximum absolute atomic E-state index is 10.3. The van der Waals surface area contributed by atoms with Crippen LogP contribution in [0.2, 0.25) is 0 Å². The van der Waals surface area contributed by atoms with Gasteiger partial charge in [-0.05, 0) is 6.92 Å². The maximum atomic E-state index is 10.3. The molecule has 0 aromatic rings. The molecule has 0 radical (unpaired) electrons. The third kappa shape index (κ3) is 1.67. The van der Waals surface area contributed by atoms with Crippen LogP contribution < -0.4 is 5.73 Å². The van der Waals surface area contributed by atoms with Crippen molar-refractivity contribution in [3.8, 4) is 0 Å². The van der Waals surface area contributed by atoms with Gasteiger partial charge in [0.2, 0.25) is 5.91 Å². The van der Waals surface area contributed by atoms with Crippen molar-refractivity contribution in [2.24, 2.45) is 5.73 Å². The number of carbonyl (C=O) groups is 2. The van der Waals surface area contributed by atoms with Crippen LogP contribution >= 0.6 is 15.9 Å². The van der Waals surface area contributed by atoms with Crippen LogP contribution in [0.4, 0.5) is 0 Å². The number of amides is 1. The van der Waals surface area contributed by atoms with E-state index >= 15 is 0 Å². The van der Waals surface area contributed by atoms with E-state index in [-0.39, 0.29) is 0 Å². The lowest BCUT2D eigenvalue weighted by Gasteiger charge is -2.10. The number of carboxylic acid groups (broad SMARTS) is 1. The van der Waals surface area contributed by atoms with Gasteiger partial charge in [0.15, 0.2) is 4.32 Å². The van der Waals surface area contributed by atoms with Crippen LogP contribution in [0.15, 0.2) is 0 Å². The molecular formula is C4H6BrNO3. The van der Waals surface area contributed by atoms with Crippen LogP contribution in [0.25, 0.3) is 0 Å². The Morgan fingerprint density at radius 3 is 2.00 bits per heavy atom. The molecule has 0 saturated heterocycles. The Balaban J connectivity index is 4.38. The second-order valence-electron chi connectivity index (χ2n) is 1.67. The van der Waals surface area contributed by atoms with E-state index in [0.29, 0.717) is 0 Å². The van der Waals surface area contributed by atoms with Gasteiger partial charge in [-0.2, -0.15) is 0 Å². The molecule has 9 heavy (non-hydrogen) atoms. The number of hydrogen-bond donors (Lipinski definition) is 2. The second-order valence-corrected chi connectivity index (χ2v) is 3.26. The van der Waals surface area contributed by atoms with Crippen molar-refractivity contribution in [1.29, 1.82) is 0 Å². The average Bonchev–Trinajstić information content (AvgIpc) is 1.65. The SMILES string of the molecule is CC(Br)(C(N)=O)C(=O)O. The van der Waals surface area contributed by atoms with E-state index in [0.717, 1.165) is 0 Å². The van der Waals surface area contributed by atoms with E-state index < -0.39 is 16.2 Å². The van der Waals surface area contributed by atoms with E-state index in [9.17, 15) is 9.59 Å². The minimum Gasteiger partial charge on any atom is -0.480 e. The molecule has 0 spiro atoms. The first-order valence-electron chi connectivity index (χ1n) is 2.11. The fourth-order valence-corrected chi connectivity index (χ4v) is 0.105. The number of nitrogens with two attached hydrogens (primary N) is 1. The molecule has 0 rings (SSSR count). The highest BCUT2D eigenvalue weighted by molar-refractivity contribution is 9.10. The zero-order chi connectivity index (χ0) is 7.65. The summed E-state index contributed by atoms with van der Waals surface area (Å²) in [7, 11) is 0. The molecule has 0 fully saturated rings. The van der Waals surface area contributed by atoms with Gasteiger partial charge in [0, 0.05) is 0 Å². The molecule has 0 aliphatic rings. The minimum absolute atomic E-state index is 0.907. The van der Waals surface area contributed by atoms with Gasteiger partial charge in [-0.25, -0.2) is 0 Å². The molecule has 0 aromatic carbocycles. The highest BCUT2D eigenvalue weighted by atomic mass is 79.9. The van der Waals surface area contributed by atoms with Crippen LogP contribution in [-0.4, -0.2) is 21.3 Å². The Morgan fingerprint density at radius 2 is 2.00 bits per heavy atom. The lowest BCUT2D eigenvalue weighted by atomic mass is 10.2. The highest BCUT2D eigenvalue weighted by Gasteiger charge is 2.36. The number of alkyl halides is 1. The van der Waals surface area contributed by atoms with Gasteiger partial charge in [-0.1, -0.05) is 15.9 Å². The van der Waals surface area contributed by atoms with E-state index in [2.05, 4.69) is 15.9 Å². The van der Waals surface area contributed by atoms with Gasteiger partial charge in [-0.3, -0.25) is 9.59 Å². The summed E-state index contributed by atoms with van der Waals surface area (Å²) in [5.74, 6) is -2.19. The van der Waals surface area contributed by atoms with Gasteiger partial charge in [0.25, 0.3) is 0 Å². The Labute approximate surface area is 60.2 Å². The standard InChI is InChI=1S/C4H6BrNO3/c1-4(5,2(6)7)3(8)9/h1H3,(H2,6,7)(H,8,9). The molecule has 5 heteroatoms. The summed E-state index contributed by atoms with van der Waals surface area (Å²) < 4.78 is -1.63. The first-order chi connectivity index (χ1) is 3.89. The molecule has 1 unspecified atom stereocenters. The fraction of sp³-hybridized carbons (Fsp3) is 0.500. The molecule has 3 N–H and O–H groups in total. The topological polar surface area (TPSA) is 80.4 Å². The van der Waals surface area contributed by atoms with Gasteiger partial charge in [-0.15, -0.1) is 0 Å². The quantitative estimate of drug-likeness (QED) is 0.470. The summed E-state index contributed by atoms with van der Waals surface area (Å²) in [6, 6.07) is 0. The largest absolute Gasteiger partial charge is 0.480 e. The van der Waals surface area contributed by atoms with Crippen molar-refractivity contribution in [3.05, 3.63) is 0 Å². The summed E-state index contributed by atoms with van der Waals surface area (Å²) in [6.07, 6.45) is 0. The Hall–Kier alpha value is -0.580. The third-order valence-corrected chi connectivity index (χ3v) is 1.59. The predicted octanol–water partition coefficient (Wildman–Crippen LogP) is -0.290. The van der Waals surface area contributed by atoms with Crippen molar-refractivity contribution >= 4 is 27.8 Å². The molecule has 0 saturated carbocycles. The number of aliphatic carboxylic acids is 1. The number of primary amides is 1. The third-order valence-electron chi connectivity index (χ3n) is 0.864. The Morgan fingerprint density at radius 1 is 1.67 bits per heavy atom. The maximum Gasteiger partial charge on any atom is 0.329 e. The van der Waals surface area contributed by atoms with Crippen LogP contribution in [0.3, 0.4) is 0 Å². The van der Waals surface area contributed by atoms with Crippen LogP contribution in [0.1, 0.15) is 6.92 Å². The molecule has 4 nitrogen and oxygen atoms in total. The number of hydrogen-bond acceptors (Lipinski definition) is 2. The summed E-state index contributed by atoms with van der Waals surface area (Å²) in [5, 5.41) is 8.26. The number of rotatable bonds is 2. The molecule has 0 aliphatic heterocycles. The monoisotopic (exact) mass is 195 g/mol. The summed E-state index contributed by atoms with van der Waals surface area (Å²) >= 11 is 2.64. The van der Waals surface area contributed by atoms with Gasteiger partial charge in [0.05, 0.1) is 0 Å². The fourth-order valence-electron chi connectivity index (χ4n) is 0.105. The first kappa shape index (κ1) is 8.42. The molecule has 0 aromatic heterocycles. The second kappa shape index (κ2) is 2.34. The smallest absolute Gasteiger partial charge is 0.329 e. The van der Waals surface area contributed by atoms with Crippen molar-refractivity contribution in [2.45, 2.75) is 11.2 Å². The van der Waals surface area contributed by atoms with Crippen molar-refractivity contribution < 1.29 is 14.7 Å². The van der Waals surface area contributed by atoms with Crippen LogP contribution in [-0.2, 0) is 9.59 Å². The average molecular weight is 196 g/mol. The predicted molar refractivity (Wildman–Crippen MR) is 34.2 cm³/mol. The van der Waals surface area contributed by atoms with E-state index in [1.807, 2.05) is 0 Å². The molecule has 0 aliphatic carbocycles. The van der Waals surface area contributed by atoms with Crippen molar-refractivity contribution in [2.75, 3.05) is 0 Å². The molecule has 0 bridgehead atoms. The molecule has 1 amide bonds. The summed E-state index contributed by atoms with van der Waals surface area (Å²) in [6.45, 7) is 1.18. The lowest BCUT2D eigenvalue weighted by molar-refractivity contribution is -0.142. The summed E-state index contributed by atoms with van der Waals surface area (Å²) in [5.41, 5.74) is 4.70. The van der Waals surface area contributed by atoms with E-state index in [1.165, 1.54) is 6.92 Å². The van der Waals surface area contributed by atoms with E-state index in [4.69, 9.17) is 10.8 Å². The van der Waals surface area contributed by atoms with Gasteiger partial charge < -0.3 is 10.8 Å². The first-order valence-corrected chi connectivity index (χ1v) is 2.90. The summed E-state index contributed by atoms with van der Waals surface area (Å²) in [4.78, 5) is 20.4. The zero-order valence-electron chi connectivity index (χ0n) is 4.72. The Bertz CT molecular complexity index is 138. The minimum atomic E-state index is -1.63. The normalized spacial score (nSPS) is 16.2. The van der Waals surface area contributed by atoms with Crippen LogP contribution in [0.5, 0.6) is 0 Å². The number of carboxylic acids is 1. The number of halogens is 1. The van der Waals surface area contributed by atoms with Crippen LogP contribution in [0, 0.1) is 0 Å². The molecule has 52 valence electrons. The van der Waals surface area contributed by atoms with E-state index in [1.54, 1.807) is 0 Å². The van der Waals surface area contributed by atoms with Crippen molar-refractivity contribution in [1.82, 2.24) is 0 Å². The lowest BCUT2D eigenvalue weighted by Crippen LogP contribution is -2.42. The van der Waals surface area contributed by atoms with Crippen molar-refractivity contribution in [3.63, 3.8) is 0 Å². The molecular weight excluding hydrogens is 190 g/mol. The molecule has 0 heterocycles. The Kier molecular flexibility index (Phi) is 2.19. The molecule has 1 atom stereocenters.